The lowest BCUT2D eigenvalue weighted by Gasteiger charge is -2.47. The van der Waals surface area contributed by atoms with Gasteiger partial charge in [0.2, 0.25) is 0 Å². The van der Waals surface area contributed by atoms with Crippen LogP contribution in [0.25, 0.3) is 0 Å². The molecule has 1 fully saturated rings. The van der Waals surface area contributed by atoms with Crippen LogP contribution in [0.3, 0.4) is 0 Å². The van der Waals surface area contributed by atoms with Gasteiger partial charge in [0.1, 0.15) is 11.7 Å². The summed E-state index contributed by atoms with van der Waals surface area (Å²) < 4.78 is 5.66. The van der Waals surface area contributed by atoms with Gasteiger partial charge in [0.25, 0.3) is 0 Å². The number of nitrogens with two attached hydrogens (primary N) is 1. The molecule has 0 heterocycles. The van der Waals surface area contributed by atoms with Crippen molar-refractivity contribution in [3.63, 3.8) is 0 Å². The van der Waals surface area contributed by atoms with E-state index < -0.39 is 23.2 Å². The van der Waals surface area contributed by atoms with Crippen LogP contribution >= 0.6 is 0 Å². The first-order chi connectivity index (χ1) is 12.7. The summed E-state index contributed by atoms with van der Waals surface area (Å²) in [6.07, 6.45) is 5.09. The second-order valence-corrected chi connectivity index (χ2v) is 8.90. The number of rotatable bonds is 8. The Bertz CT molecular complexity index is 579. The van der Waals surface area contributed by atoms with Gasteiger partial charge in [0.15, 0.2) is 0 Å². The fraction of sp³-hybridized carbons (Fsp3) is 0.682. The number of amides is 1. The molecule has 0 bridgehead atoms. The third kappa shape index (κ3) is 5.94. The maximum absolute atomic E-state index is 11.7. The molecule has 2 rings (SSSR count). The minimum atomic E-state index is -1.11. The third-order valence-electron chi connectivity index (χ3n) is 5.90. The molecule has 0 saturated heterocycles. The number of aliphatic hydroxyl groups excluding tert-OH is 1. The Balaban J connectivity index is 2.14. The first kappa shape index (κ1) is 21.7. The number of hydrogen-bond donors (Lipinski definition) is 3. The fourth-order valence-corrected chi connectivity index (χ4v) is 4.20. The normalized spacial score (nSPS) is 19.3. The number of hydrogen-bond acceptors (Lipinski definition) is 4. The van der Waals surface area contributed by atoms with Crippen molar-refractivity contribution in [1.29, 1.82) is 0 Å². The summed E-state index contributed by atoms with van der Waals surface area (Å²) in [6.45, 7) is 7.18. The molecule has 27 heavy (non-hydrogen) atoms. The van der Waals surface area contributed by atoms with Gasteiger partial charge in [-0.25, -0.2) is 4.79 Å². The van der Waals surface area contributed by atoms with E-state index in [1.165, 1.54) is 32.1 Å². The average Bonchev–Trinajstić information content (AvgIpc) is 2.61. The van der Waals surface area contributed by atoms with E-state index >= 15 is 0 Å². The molecule has 4 N–H and O–H groups in total. The van der Waals surface area contributed by atoms with Crippen LogP contribution in [0, 0.1) is 11.3 Å². The van der Waals surface area contributed by atoms with Gasteiger partial charge in [-0.2, -0.15) is 0 Å². The Morgan fingerprint density at radius 3 is 2.41 bits per heavy atom. The van der Waals surface area contributed by atoms with Crippen molar-refractivity contribution in [3.8, 4) is 0 Å². The summed E-state index contributed by atoms with van der Waals surface area (Å²) in [5.74, 6) is 0.668. The third-order valence-corrected chi connectivity index (χ3v) is 5.90. The minimum Gasteiger partial charge on any atom is -0.439 e. The molecule has 5 heteroatoms. The first-order valence-corrected chi connectivity index (χ1v) is 10.2. The number of ether oxygens (including phenoxy) is 1. The summed E-state index contributed by atoms with van der Waals surface area (Å²) in [4.78, 5) is 11.7. The molecule has 0 spiro atoms. The number of primary amides is 1. The number of nitrogens with one attached hydrogen (secondary N) is 1. The zero-order valence-corrected chi connectivity index (χ0v) is 17.0. The van der Waals surface area contributed by atoms with Gasteiger partial charge in [-0.05, 0) is 30.9 Å². The highest BCUT2D eigenvalue weighted by Crippen LogP contribution is 2.40. The zero-order valence-electron chi connectivity index (χ0n) is 17.0. The topological polar surface area (TPSA) is 84.6 Å². The van der Waals surface area contributed by atoms with Crippen molar-refractivity contribution in [1.82, 2.24) is 5.32 Å². The van der Waals surface area contributed by atoms with Gasteiger partial charge in [-0.15, -0.1) is 0 Å². The summed E-state index contributed by atoms with van der Waals surface area (Å²) in [5, 5.41) is 14.5. The molecule has 1 aliphatic carbocycles. The van der Waals surface area contributed by atoms with Crippen molar-refractivity contribution < 1.29 is 14.6 Å². The van der Waals surface area contributed by atoms with E-state index in [1.807, 2.05) is 51.1 Å². The predicted molar refractivity (Wildman–Crippen MR) is 108 cm³/mol. The van der Waals surface area contributed by atoms with Crippen LogP contribution in [-0.4, -0.2) is 36.0 Å². The highest BCUT2D eigenvalue weighted by molar-refractivity contribution is 5.65. The van der Waals surface area contributed by atoms with Crippen LogP contribution in [0.4, 0.5) is 4.79 Å². The molecule has 1 aromatic rings. The van der Waals surface area contributed by atoms with E-state index in [1.54, 1.807) is 0 Å². The largest absolute Gasteiger partial charge is 0.439 e. The first-order valence-electron chi connectivity index (χ1n) is 10.2. The molecule has 1 aliphatic rings. The molecule has 1 amide bonds. The molecule has 152 valence electrons. The smallest absolute Gasteiger partial charge is 0.405 e. The van der Waals surface area contributed by atoms with E-state index in [4.69, 9.17) is 10.5 Å². The summed E-state index contributed by atoms with van der Waals surface area (Å²) in [6, 6.07) is 9.79. The van der Waals surface area contributed by atoms with Crippen LogP contribution in [0.2, 0.25) is 0 Å². The minimum absolute atomic E-state index is 0.369. The Hall–Kier alpha value is -1.59. The lowest BCUT2D eigenvalue weighted by Crippen LogP contribution is -2.60. The number of benzene rings is 1. The Morgan fingerprint density at radius 2 is 1.85 bits per heavy atom. The predicted octanol–water partition coefficient (Wildman–Crippen LogP) is 3.64. The molecule has 0 aliphatic heterocycles. The van der Waals surface area contributed by atoms with Crippen LogP contribution in [0.15, 0.2) is 30.3 Å². The zero-order chi connectivity index (χ0) is 19.9. The maximum atomic E-state index is 11.7. The highest BCUT2D eigenvalue weighted by Gasteiger charge is 2.51. The molecule has 2 atom stereocenters. The lowest BCUT2D eigenvalue weighted by molar-refractivity contribution is -0.140. The quantitative estimate of drug-likeness (QED) is 0.647. The Labute approximate surface area is 163 Å². The van der Waals surface area contributed by atoms with Crippen molar-refractivity contribution in [2.24, 2.45) is 17.1 Å². The monoisotopic (exact) mass is 376 g/mol. The Morgan fingerprint density at radius 1 is 1.22 bits per heavy atom. The molecular weight excluding hydrogens is 340 g/mol. The molecule has 0 aromatic heterocycles. The van der Waals surface area contributed by atoms with E-state index in [0.717, 1.165) is 12.1 Å². The van der Waals surface area contributed by atoms with Crippen molar-refractivity contribution in [2.75, 3.05) is 13.1 Å². The number of carbonyl (C=O) groups excluding carboxylic acids is 1. The standard InChI is InChI=1S/C22H36N2O3/c1-21(2,3)22(27-20(23)26,14-17-10-6-4-7-11-17)19(25)16-24-15-18-12-8-5-9-13-18/h4,6-7,10-11,18-19,24-25H,5,8-9,12-16H2,1-3H3,(H2,23,26)/t19-,22-/m1/s1. The van der Waals surface area contributed by atoms with Gasteiger partial charge < -0.3 is 20.9 Å². The van der Waals surface area contributed by atoms with Gasteiger partial charge in [0.05, 0.1) is 0 Å². The van der Waals surface area contributed by atoms with Crippen LogP contribution < -0.4 is 11.1 Å². The molecule has 5 nitrogen and oxygen atoms in total. The van der Waals surface area contributed by atoms with Gasteiger partial charge in [-0.1, -0.05) is 70.4 Å². The average molecular weight is 377 g/mol. The van der Waals surface area contributed by atoms with E-state index in [2.05, 4.69) is 5.32 Å². The van der Waals surface area contributed by atoms with Gasteiger partial charge >= 0.3 is 6.09 Å². The van der Waals surface area contributed by atoms with E-state index in [9.17, 15) is 9.90 Å². The lowest BCUT2D eigenvalue weighted by atomic mass is 9.69. The number of carbonyl (C=O) groups is 1. The van der Waals surface area contributed by atoms with Crippen molar-refractivity contribution in [3.05, 3.63) is 35.9 Å². The molecule has 0 unspecified atom stereocenters. The molecule has 1 saturated carbocycles. The Kier molecular flexibility index (Phi) is 7.68. The van der Waals surface area contributed by atoms with Crippen molar-refractivity contribution in [2.45, 2.75) is 71.0 Å². The molecular formula is C22H36N2O3. The maximum Gasteiger partial charge on any atom is 0.405 e. The van der Waals surface area contributed by atoms with E-state index in [0.29, 0.717) is 18.9 Å². The van der Waals surface area contributed by atoms with Crippen LogP contribution in [0.5, 0.6) is 0 Å². The molecule has 1 aromatic carbocycles. The fourth-order valence-electron chi connectivity index (χ4n) is 4.20. The van der Waals surface area contributed by atoms with Gasteiger partial charge in [0, 0.05) is 18.4 Å². The van der Waals surface area contributed by atoms with E-state index in [-0.39, 0.29) is 0 Å². The summed E-state index contributed by atoms with van der Waals surface area (Å²) in [7, 11) is 0. The van der Waals surface area contributed by atoms with Crippen LogP contribution in [-0.2, 0) is 11.2 Å². The summed E-state index contributed by atoms with van der Waals surface area (Å²) in [5.41, 5.74) is 4.81. The number of aliphatic hydroxyl groups is 1. The SMILES string of the molecule is CC(C)(C)[C@](Cc1ccccc1)(OC(N)=O)[C@H](O)CNCC1CCCCC1. The van der Waals surface area contributed by atoms with Gasteiger partial charge in [-0.3, -0.25) is 0 Å². The highest BCUT2D eigenvalue weighted by atomic mass is 16.6. The second-order valence-electron chi connectivity index (χ2n) is 8.90. The van der Waals surface area contributed by atoms with Crippen LogP contribution in [0.1, 0.15) is 58.4 Å². The second kappa shape index (κ2) is 9.56. The molecule has 0 radical (unpaired) electrons. The summed E-state index contributed by atoms with van der Waals surface area (Å²) >= 11 is 0. The van der Waals surface area contributed by atoms with Crippen molar-refractivity contribution >= 4 is 6.09 Å².